The highest BCUT2D eigenvalue weighted by atomic mass is 15.5. The van der Waals surface area contributed by atoms with Crippen molar-refractivity contribution in [3.8, 4) is 22.5 Å². The van der Waals surface area contributed by atoms with E-state index in [0.717, 1.165) is 17.8 Å². The van der Waals surface area contributed by atoms with Gasteiger partial charge in [0.25, 0.3) is 0 Å². The van der Waals surface area contributed by atoms with Gasteiger partial charge in [-0.1, -0.05) is 67.6 Å². The summed E-state index contributed by atoms with van der Waals surface area (Å²) < 4.78 is 2.10. The lowest BCUT2D eigenvalue weighted by molar-refractivity contribution is 0.350. The third kappa shape index (κ3) is 2.66. The van der Waals surface area contributed by atoms with E-state index in [2.05, 4.69) is 98.1 Å². The van der Waals surface area contributed by atoms with Crippen LogP contribution in [0.5, 0.6) is 0 Å². The molecular formula is C23H27N3. The molecule has 0 spiro atoms. The molecule has 3 aromatic rings. The quantitative estimate of drug-likeness (QED) is 0.569. The summed E-state index contributed by atoms with van der Waals surface area (Å²) in [5.74, 6) is 1.04. The van der Waals surface area contributed by atoms with Crippen LogP contribution in [0.15, 0.2) is 48.5 Å². The number of aromatic nitrogens is 3. The first-order chi connectivity index (χ1) is 12.4. The number of fused-ring (bicyclic) bond motifs is 5. The first kappa shape index (κ1) is 17.0. The van der Waals surface area contributed by atoms with Gasteiger partial charge in [-0.05, 0) is 50.2 Å². The third-order valence-electron chi connectivity index (χ3n) is 5.44. The van der Waals surface area contributed by atoms with E-state index < -0.39 is 0 Å². The number of benzene rings is 2. The van der Waals surface area contributed by atoms with Gasteiger partial charge in [0, 0.05) is 11.1 Å². The number of rotatable bonds is 1. The minimum Gasteiger partial charge on any atom is -0.239 e. The molecule has 0 amide bonds. The van der Waals surface area contributed by atoms with Gasteiger partial charge in [-0.15, -0.1) is 5.10 Å². The van der Waals surface area contributed by atoms with Crippen molar-refractivity contribution in [1.82, 2.24) is 15.0 Å². The van der Waals surface area contributed by atoms with Gasteiger partial charge in [-0.3, -0.25) is 0 Å². The smallest absolute Gasteiger partial charge is 0.121 e. The van der Waals surface area contributed by atoms with Crippen LogP contribution in [0.25, 0.3) is 22.5 Å². The average molecular weight is 345 g/mol. The Labute approximate surface area is 156 Å². The highest BCUT2D eigenvalue weighted by Gasteiger charge is 2.31. The topological polar surface area (TPSA) is 30.7 Å². The first-order valence-electron chi connectivity index (χ1n) is 9.51. The van der Waals surface area contributed by atoms with E-state index >= 15 is 0 Å². The van der Waals surface area contributed by atoms with Crippen molar-refractivity contribution >= 4 is 0 Å². The second-order valence-corrected chi connectivity index (χ2v) is 8.67. The molecule has 1 unspecified atom stereocenters. The van der Waals surface area contributed by atoms with Gasteiger partial charge in [0.15, 0.2) is 0 Å². The fraction of sp³-hybridized carbons (Fsp3) is 0.391. The lowest BCUT2D eigenvalue weighted by Crippen LogP contribution is -2.25. The van der Waals surface area contributed by atoms with Gasteiger partial charge in [0.2, 0.25) is 0 Å². The van der Waals surface area contributed by atoms with Crippen molar-refractivity contribution in [2.75, 3.05) is 0 Å². The number of nitrogens with zero attached hydrogens (tertiary/aromatic N) is 3. The Morgan fingerprint density at radius 1 is 0.962 bits per heavy atom. The zero-order chi connectivity index (χ0) is 18.5. The molecule has 2 aromatic carbocycles. The molecule has 4 rings (SSSR count). The number of hydrogen-bond donors (Lipinski definition) is 0. The summed E-state index contributed by atoms with van der Waals surface area (Å²) in [7, 11) is 0. The van der Waals surface area contributed by atoms with E-state index in [9.17, 15) is 0 Å². The third-order valence-corrected chi connectivity index (χ3v) is 5.44. The SMILES string of the molecule is CC(C)C1Cc2ccccc2-c2nnn(C(C)(C)C)c2-c2ccccc21. The minimum atomic E-state index is -0.130. The summed E-state index contributed by atoms with van der Waals surface area (Å²) in [6.45, 7) is 11.2. The maximum absolute atomic E-state index is 4.65. The van der Waals surface area contributed by atoms with Gasteiger partial charge in [0.1, 0.15) is 5.69 Å². The predicted molar refractivity (Wildman–Crippen MR) is 107 cm³/mol. The molecule has 0 radical (unpaired) electrons. The van der Waals surface area contributed by atoms with E-state index in [-0.39, 0.29) is 5.54 Å². The first-order valence-corrected chi connectivity index (χ1v) is 9.51. The summed E-state index contributed by atoms with van der Waals surface area (Å²) in [5.41, 5.74) is 7.29. The molecule has 134 valence electrons. The number of hydrogen-bond acceptors (Lipinski definition) is 2. The standard InChI is InChI=1S/C23H27N3/c1-15(2)20-14-16-10-6-7-11-17(16)21-22(19-13-9-8-12-18(19)20)26(25-24-21)23(3,4)5/h6-13,15,20H,14H2,1-5H3. The van der Waals surface area contributed by atoms with E-state index in [1.807, 2.05) is 0 Å². The molecule has 0 aliphatic heterocycles. The van der Waals surface area contributed by atoms with Crippen LogP contribution in [0, 0.1) is 5.92 Å². The van der Waals surface area contributed by atoms with Crippen LogP contribution in [-0.4, -0.2) is 15.0 Å². The molecular weight excluding hydrogens is 318 g/mol. The van der Waals surface area contributed by atoms with E-state index in [1.165, 1.54) is 22.3 Å². The summed E-state index contributed by atoms with van der Waals surface area (Å²) in [5, 5.41) is 9.23. The van der Waals surface area contributed by atoms with Crippen molar-refractivity contribution in [1.29, 1.82) is 0 Å². The predicted octanol–water partition coefficient (Wildman–Crippen LogP) is 5.66. The molecule has 0 N–H and O–H groups in total. The van der Waals surface area contributed by atoms with Gasteiger partial charge < -0.3 is 0 Å². The van der Waals surface area contributed by atoms with Crippen molar-refractivity contribution in [3.63, 3.8) is 0 Å². The Morgan fingerprint density at radius 3 is 2.31 bits per heavy atom. The van der Waals surface area contributed by atoms with E-state index in [0.29, 0.717) is 11.8 Å². The molecule has 3 nitrogen and oxygen atoms in total. The van der Waals surface area contributed by atoms with Crippen LogP contribution >= 0.6 is 0 Å². The van der Waals surface area contributed by atoms with Crippen LogP contribution in [0.4, 0.5) is 0 Å². The molecule has 26 heavy (non-hydrogen) atoms. The Bertz CT molecular complexity index is 944. The van der Waals surface area contributed by atoms with Crippen molar-refractivity contribution in [2.24, 2.45) is 5.92 Å². The maximum Gasteiger partial charge on any atom is 0.121 e. The average Bonchev–Trinajstić information content (AvgIpc) is 3.03. The summed E-state index contributed by atoms with van der Waals surface area (Å²) in [6, 6.07) is 17.5. The van der Waals surface area contributed by atoms with Gasteiger partial charge in [0.05, 0.1) is 11.2 Å². The highest BCUT2D eigenvalue weighted by molar-refractivity contribution is 5.82. The van der Waals surface area contributed by atoms with Crippen molar-refractivity contribution in [3.05, 3.63) is 59.7 Å². The Hall–Kier alpha value is -2.42. The zero-order valence-corrected chi connectivity index (χ0v) is 16.3. The van der Waals surface area contributed by atoms with Crippen LogP contribution in [0.2, 0.25) is 0 Å². The normalized spacial score (nSPS) is 16.5. The van der Waals surface area contributed by atoms with Crippen molar-refractivity contribution < 1.29 is 0 Å². The monoisotopic (exact) mass is 345 g/mol. The fourth-order valence-electron chi connectivity index (χ4n) is 4.08. The van der Waals surface area contributed by atoms with Gasteiger partial charge in [-0.25, -0.2) is 4.68 Å². The van der Waals surface area contributed by atoms with Gasteiger partial charge >= 0.3 is 0 Å². The van der Waals surface area contributed by atoms with E-state index in [4.69, 9.17) is 0 Å². The van der Waals surface area contributed by atoms with E-state index in [1.54, 1.807) is 0 Å². The zero-order valence-electron chi connectivity index (χ0n) is 16.3. The summed E-state index contributed by atoms with van der Waals surface area (Å²) in [6.07, 6.45) is 1.03. The highest BCUT2D eigenvalue weighted by Crippen LogP contribution is 2.44. The molecule has 1 aromatic heterocycles. The molecule has 1 aliphatic rings. The summed E-state index contributed by atoms with van der Waals surface area (Å²) >= 11 is 0. The molecule has 0 saturated heterocycles. The molecule has 1 heterocycles. The second-order valence-electron chi connectivity index (χ2n) is 8.67. The summed E-state index contributed by atoms with van der Waals surface area (Å²) in [4.78, 5) is 0. The molecule has 1 aliphatic carbocycles. The largest absolute Gasteiger partial charge is 0.239 e. The Kier molecular flexibility index (Phi) is 3.98. The van der Waals surface area contributed by atoms with Crippen LogP contribution in [0.1, 0.15) is 51.7 Å². The van der Waals surface area contributed by atoms with Crippen LogP contribution < -0.4 is 0 Å². The van der Waals surface area contributed by atoms with Gasteiger partial charge in [-0.2, -0.15) is 0 Å². The minimum absolute atomic E-state index is 0.130. The second kappa shape index (κ2) is 6.08. The van der Waals surface area contributed by atoms with Crippen LogP contribution in [0.3, 0.4) is 0 Å². The molecule has 1 atom stereocenters. The van der Waals surface area contributed by atoms with Crippen molar-refractivity contribution in [2.45, 2.75) is 52.5 Å². The molecule has 0 bridgehead atoms. The Balaban J connectivity index is 2.11. The Morgan fingerprint density at radius 2 is 1.62 bits per heavy atom. The lowest BCUT2D eigenvalue weighted by atomic mass is 9.77. The van der Waals surface area contributed by atoms with Crippen LogP contribution in [-0.2, 0) is 12.0 Å². The lowest BCUT2D eigenvalue weighted by Gasteiger charge is -2.29. The maximum atomic E-state index is 4.65. The molecule has 3 heteroatoms. The fourth-order valence-corrected chi connectivity index (χ4v) is 4.08. The molecule has 0 saturated carbocycles. The molecule has 0 fully saturated rings.